The molecule has 0 saturated carbocycles. The van der Waals surface area contributed by atoms with E-state index in [1.54, 1.807) is 12.1 Å². The van der Waals surface area contributed by atoms with E-state index in [0.717, 1.165) is 28.3 Å². The average molecular weight is 280 g/mol. The van der Waals surface area contributed by atoms with Crippen molar-refractivity contribution < 1.29 is 9.13 Å². The highest BCUT2D eigenvalue weighted by Crippen LogP contribution is 2.24. The van der Waals surface area contributed by atoms with Crippen LogP contribution in [0.2, 0.25) is 5.02 Å². The molecule has 0 fully saturated rings. The van der Waals surface area contributed by atoms with Gasteiger partial charge in [-0.05, 0) is 42.3 Å². The minimum Gasteiger partial charge on any atom is -0.489 e. The predicted molar refractivity (Wildman–Crippen MR) is 76.0 cm³/mol. The lowest BCUT2D eigenvalue weighted by Gasteiger charge is -2.10. The van der Waals surface area contributed by atoms with E-state index < -0.39 is 0 Å². The largest absolute Gasteiger partial charge is 0.489 e. The van der Waals surface area contributed by atoms with Crippen molar-refractivity contribution >= 4 is 17.3 Å². The number of anilines is 1. The molecule has 0 aromatic heterocycles. The zero-order valence-electron chi connectivity index (χ0n) is 10.6. The number of aryl methyl sites for hydroxylation is 1. The molecule has 0 bridgehead atoms. The van der Waals surface area contributed by atoms with Crippen LogP contribution in [-0.2, 0) is 13.0 Å². The van der Waals surface area contributed by atoms with Crippen molar-refractivity contribution in [3.63, 3.8) is 0 Å². The van der Waals surface area contributed by atoms with Crippen LogP contribution in [-0.4, -0.2) is 0 Å². The van der Waals surface area contributed by atoms with Crippen LogP contribution in [0.4, 0.5) is 10.1 Å². The van der Waals surface area contributed by atoms with E-state index in [1.807, 2.05) is 19.1 Å². The topological polar surface area (TPSA) is 35.2 Å². The molecule has 2 nitrogen and oxygen atoms in total. The van der Waals surface area contributed by atoms with Crippen molar-refractivity contribution in [2.45, 2.75) is 20.0 Å². The fourth-order valence-corrected chi connectivity index (χ4v) is 2.02. The van der Waals surface area contributed by atoms with Crippen LogP contribution in [0.25, 0.3) is 0 Å². The Hall–Kier alpha value is -1.74. The van der Waals surface area contributed by atoms with Crippen molar-refractivity contribution in [3.8, 4) is 5.75 Å². The van der Waals surface area contributed by atoms with Gasteiger partial charge in [-0.3, -0.25) is 0 Å². The molecule has 0 saturated heterocycles. The van der Waals surface area contributed by atoms with E-state index >= 15 is 0 Å². The van der Waals surface area contributed by atoms with Gasteiger partial charge in [0.15, 0.2) is 0 Å². The second-order valence-corrected chi connectivity index (χ2v) is 4.65. The van der Waals surface area contributed by atoms with Crippen molar-refractivity contribution in [3.05, 3.63) is 58.4 Å². The Labute approximate surface area is 117 Å². The van der Waals surface area contributed by atoms with Crippen LogP contribution >= 0.6 is 11.6 Å². The smallest absolute Gasteiger partial charge is 0.125 e. The van der Waals surface area contributed by atoms with E-state index in [0.29, 0.717) is 12.3 Å². The number of benzene rings is 2. The highest BCUT2D eigenvalue weighted by atomic mass is 35.5. The van der Waals surface area contributed by atoms with Crippen molar-refractivity contribution in [1.29, 1.82) is 0 Å². The third-order valence-electron chi connectivity index (χ3n) is 2.90. The van der Waals surface area contributed by atoms with Gasteiger partial charge in [-0.15, -0.1) is 0 Å². The van der Waals surface area contributed by atoms with Crippen LogP contribution < -0.4 is 10.5 Å². The molecule has 19 heavy (non-hydrogen) atoms. The molecule has 2 rings (SSSR count). The fourth-order valence-electron chi connectivity index (χ4n) is 1.77. The van der Waals surface area contributed by atoms with E-state index in [2.05, 4.69) is 0 Å². The standard InChI is InChI=1S/C15H15ClFNO/c1-2-10-7-13(5-6-14(10)16)19-9-11-3-4-12(17)8-15(11)18/h3-8H,2,9,18H2,1H3. The highest BCUT2D eigenvalue weighted by Gasteiger charge is 2.04. The van der Waals surface area contributed by atoms with Gasteiger partial charge >= 0.3 is 0 Å². The first-order valence-corrected chi connectivity index (χ1v) is 6.43. The summed E-state index contributed by atoms with van der Waals surface area (Å²) in [6.45, 7) is 2.33. The molecule has 0 unspecified atom stereocenters. The molecule has 0 radical (unpaired) electrons. The maximum Gasteiger partial charge on any atom is 0.125 e. The van der Waals surface area contributed by atoms with Gasteiger partial charge in [0.25, 0.3) is 0 Å². The van der Waals surface area contributed by atoms with Crippen LogP contribution in [0.5, 0.6) is 5.75 Å². The van der Waals surface area contributed by atoms with Crippen LogP contribution in [0.1, 0.15) is 18.1 Å². The molecule has 0 aliphatic carbocycles. The number of nitrogens with two attached hydrogens (primary N) is 1. The summed E-state index contributed by atoms with van der Waals surface area (Å²) in [6, 6.07) is 9.81. The highest BCUT2D eigenvalue weighted by molar-refractivity contribution is 6.31. The second kappa shape index (κ2) is 5.93. The third-order valence-corrected chi connectivity index (χ3v) is 3.27. The quantitative estimate of drug-likeness (QED) is 0.851. The van der Waals surface area contributed by atoms with E-state index in [1.165, 1.54) is 12.1 Å². The number of ether oxygens (including phenoxy) is 1. The van der Waals surface area contributed by atoms with Crippen LogP contribution in [0, 0.1) is 5.82 Å². The van der Waals surface area contributed by atoms with Gasteiger partial charge in [-0.25, -0.2) is 4.39 Å². The van der Waals surface area contributed by atoms with Crippen molar-refractivity contribution in [2.75, 3.05) is 5.73 Å². The Morgan fingerprint density at radius 1 is 1.16 bits per heavy atom. The number of hydrogen-bond acceptors (Lipinski definition) is 2. The minimum atomic E-state index is -0.346. The lowest BCUT2D eigenvalue weighted by atomic mass is 10.1. The Morgan fingerprint density at radius 2 is 1.95 bits per heavy atom. The lowest BCUT2D eigenvalue weighted by molar-refractivity contribution is 0.306. The predicted octanol–water partition coefficient (Wildman–Crippen LogP) is 4.20. The number of halogens is 2. The van der Waals surface area contributed by atoms with Gasteiger partial charge < -0.3 is 10.5 Å². The Bertz CT molecular complexity index is 586. The Morgan fingerprint density at radius 3 is 2.63 bits per heavy atom. The summed E-state index contributed by atoms with van der Waals surface area (Å²) >= 11 is 6.04. The molecule has 2 aromatic rings. The summed E-state index contributed by atoms with van der Waals surface area (Å²) in [5.74, 6) is 0.381. The summed E-state index contributed by atoms with van der Waals surface area (Å²) in [5, 5.41) is 0.733. The maximum atomic E-state index is 12.9. The molecule has 2 N–H and O–H groups in total. The maximum absolute atomic E-state index is 12.9. The second-order valence-electron chi connectivity index (χ2n) is 4.24. The SMILES string of the molecule is CCc1cc(OCc2ccc(F)cc2N)ccc1Cl. The van der Waals surface area contributed by atoms with Crippen molar-refractivity contribution in [2.24, 2.45) is 0 Å². The van der Waals surface area contributed by atoms with Crippen LogP contribution in [0.3, 0.4) is 0 Å². The lowest BCUT2D eigenvalue weighted by Crippen LogP contribution is -2.01. The molecule has 0 aliphatic heterocycles. The third kappa shape index (κ3) is 3.38. The van der Waals surface area contributed by atoms with Gasteiger partial charge in [0.05, 0.1) is 0 Å². The normalized spacial score (nSPS) is 10.5. The molecule has 0 heterocycles. The van der Waals surface area contributed by atoms with Gasteiger partial charge in [0, 0.05) is 16.3 Å². The monoisotopic (exact) mass is 279 g/mol. The zero-order valence-corrected chi connectivity index (χ0v) is 11.4. The molecule has 100 valence electrons. The number of nitrogen functional groups attached to an aromatic ring is 1. The fraction of sp³-hybridized carbons (Fsp3) is 0.200. The summed E-state index contributed by atoms with van der Waals surface area (Å²) in [7, 11) is 0. The molecule has 4 heteroatoms. The van der Waals surface area contributed by atoms with E-state index in [-0.39, 0.29) is 5.82 Å². The van der Waals surface area contributed by atoms with Crippen molar-refractivity contribution in [1.82, 2.24) is 0 Å². The Balaban J connectivity index is 2.10. The molecule has 0 aliphatic rings. The number of rotatable bonds is 4. The summed E-state index contributed by atoms with van der Waals surface area (Å²) in [6.07, 6.45) is 0.842. The van der Waals surface area contributed by atoms with Crippen LogP contribution in [0.15, 0.2) is 36.4 Å². The summed E-state index contributed by atoms with van der Waals surface area (Å²) in [5.41, 5.74) is 7.91. The molecule has 0 atom stereocenters. The zero-order chi connectivity index (χ0) is 13.8. The minimum absolute atomic E-state index is 0.302. The summed E-state index contributed by atoms with van der Waals surface area (Å²) < 4.78 is 18.6. The van der Waals surface area contributed by atoms with E-state index in [4.69, 9.17) is 22.1 Å². The van der Waals surface area contributed by atoms with Gasteiger partial charge in [0.2, 0.25) is 0 Å². The van der Waals surface area contributed by atoms with Gasteiger partial charge in [-0.2, -0.15) is 0 Å². The average Bonchev–Trinajstić information content (AvgIpc) is 2.39. The molecular formula is C15H15ClFNO. The molecule has 0 spiro atoms. The molecular weight excluding hydrogens is 265 g/mol. The molecule has 0 amide bonds. The summed E-state index contributed by atoms with van der Waals surface area (Å²) in [4.78, 5) is 0. The van der Waals surface area contributed by atoms with E-state index in [9.17, 15) is 4.39 Å². The number of hydrogen-bond donors (Lipinski definition) is 1. The van der Waals surface area contributed by atoms with Gasteiger partial charge in [0.1, 0.15) is 18.2 Å². The Kier molecular flexibility index (Phi) is 4.27. The molecule has 2 aromatic carbocycles. The first-order valence-electron chi connectivity index (χ1n) is 6.05. The first-order chi connectivity index (χ1) is 9.10. The first kappa shape index (κ1) is 13.7. The van der Waals surface area contributed by atoms with Gasteiger partial charge in [-0.1, -0.05) is 24.6 Å².